The van der Waals surface area contributed by atoms with E-state index in [1.165, 1.54) is 0 Å². The standard InChI is InChI=1S/C23H26FNO3.H3NS/c1-23(27)11-3-2-10-18-17(23)12-19(28-18)22(26)25-21-15-8-4-6-13(15)20(24)14-7-5-9-16(14)21;1-2/h12,27H,2-11H2,1H3,(H,25,26);2H,1H2. The molecule has 30 heavy (non-hydrogen) atoms. The van der Waals surface area contributed by atoms with Gasteiger partial charge in [-0.2, -0.15) is 0 Å². The van der Waals surface area contributed by atoms with E-state index in [0.29, 0.717) is 12.2 Å². The molecule has 0 fully saturated rings. The number of anilines is 1. The molecule has 1 heterocycles. The van der Waals surface area contributed by atoms with Crippen molar-refractivity contribution in [2.75, 3.05) is 5.32 Å². The summed E-state index contributed by atoms with van der Waals surface area (Å²) >= 11 is 3.03. The summed E-state index contributed by atoms with van der Waals surface area (Å²) in [4.78, 5) is 13.0. The van der Waals surface area contributed by atoms with Gasteiger partial charge in [-0.1, -0.05) is 0 Å². The molecular formula is C23H29FN2O3S. The van der Waals surface area contributed by atoms with Crippen LogP contribution in [0.15, 0.2) is 10.5 Å². The molecule has 1 unspecified atom stereocenters. The van der Waals surface area contributed by atoms with Crippen molar-refractivity contribution in [2.45, 2.75) is 76.7 Å². The molecule has 2 aromatic rings. The van der Waals surface area contributed by atoms with Gasteiger partial charge in [-0.15, -0.1) is 12.8 Å². The maximum absolute atomic E-state index is 14.8. The number of halogens is 1. The number of fused-ring (bicyclic) bond motifs is 3. The number of nitrogens with two attached hydrogens (primary N) is 1. The first-order chi connectivity index (χ1) is 14.5. The third kappa shape index (κ3) is 3.57. The normalized spacial score (nSPS) is 21.8. The van der Waals surface area contributed by atoms with E-state index in [1.54, 1.807) is 13.0 Å². The molecular weight excluding hydrogens is 403 g/mol. The van der Waals surface area contributed by atoms with Crippen LogP contribution in [0.4, 0.5) is 10.1 Å². The van der Waals surface area contributed by atoms with Crippen molar-refractivity contribution in [3.63, 3.8) is 0 Å². The monoisotopic (exact) mass is 432 g/mol. The summed E-state index contributed by atoms with van der Waals surface area (Å²) in [6, 6.07) is 1.69. The Kier molecular flexibility index (Phi) is 5.97. The van der Waals surface area contributed by atoms with Crippen LogP contribution in [0.1, 0.15) is 83.2 Å². The molecule has 0 radical (unpaired) electrons. The fourth-order valence-corrected chi connectivity index (χ4v) is 5.29. The number of hydrogen-bond acceptors (Lipinski definition) is 5. The first-order valence-electron chi connectivity index (χ1n) is 10.7. The van der Waals surface area contributed by atoms with Crippen LogP contribution in [0, 0.1) is 5.82 Å². The Morgan fingerprint density at radius 2 is 1.67 bits per heavy atom. The van der Waals surface area contributed by atoms with Crippen LogP contribution in [0.2, 0.25) is 0 Å². The molecule has 0 bridgehead atoms. The lowest BCUT2D eigenvalue weighted by atomic mass is 9.93. The van der Waals surface area contributed by atoms with Crippen molar-refractivity contribution < 1.29 is 18.7 Å². The number of amides is 1. The second kappa shape index (κ2) is 8.36. The number of furan rings is 1. The summed E-state index contributed by atoms with van der Waals surface area (Å²) in [5.74, 6) is 0.592. The van der Waals surface area contributed by atoms with Gasteiger partial charge in [-0.25, -0.2) is 4.39 Å². The van der Waals surface area contributed by atoms with E-state index < -0.39 is 5.60 Å². The molecule has 0 saturated heterocycles. The van der Waals surface area contributed by atoms with Gasteiger partial charge in [0.25, 0.3) is 5.91 Å². The largest absolute Gasteiger partial charge is 0.456 e. The molecule has 0 aliphatic heterocycles. The quantitative estimate of drug-likeness (QED) is 0.419. The maximum Gasteiger partial charge on any atom is 0.291 e. The SMILES string of the molecule is CC1(O)CCCCc2oc(C(=O)Nc3c4c(c(F)c5c3CCC5)CCC4)cc21.NS. The summed E-state index contributed by atoms with van der Waals surface area (Å²) in [5.41, 5.74) is 4.07. The predicted octanol–water partition coefficient (Wildman–Crippen LogP) is 4.37. The van der Waals surface area contributed by atoms with Crippen molar-refractivity contribution in [3.8, 4) is 0 Å². The second-order valence-corrected chi connectivity index (χ2v) is 8.69. The number of aryl methyl sites for hydroxylation is 1. The van der Waals surface area contributed by atoms with E-state index in [2.05, 4.69) is 23.3 Å². The zero-order chi connectivity index (χ0) is 21.5. The third-order valence-electron chi connectivity index (χ3n) is 6.74. The summed E-state index contributed by atoms with van der Waals surface area (Å²) in [5, 5.41) is 18.0. The molecule has 1 aromatic carbocycles. The molecule has 0 spiro atoms. The van der Waals surface area contributed by atoms with Crippen LogP contribution in [-0.2, 0) is 37.7 Å². The van der Waals surface area contributed by atoms with Gasteiger partial charge < -0.3 is 14.8 Å². The Labute approximate surface area is 181 Å². The Balaban J connectivity index is 0.00000106. The number of carbonyl (C=O) groups excluding carboxylic acids is 1. The lowest BCUT2D eigenvalue weighted by Gasteiger charge is -2.20. The third-order valence-corrected chi connectivity index (χ3v) is 6.74. The van der Waals surface area contributed by atoms with Crippen LogP contribution < -0.4 is 10.5 Å². The minimum absolute atomic E-state index is 0.0428. The first-order valence-corrected chi connectivity index (χ1v) is 11.2. The fraction of sp³-hybridized carbons (Fsp3) is 0.522. The van der Waals surface area contributed by atoms with E-state index in [0.717, 1.165) is 91.3 Å². The Morgan fingerprint density at radius 3 is 2.30 bits per heavy atom. The number of nitrogens with one attached hydrogen (secondary N) is 1. The summed E-state index contributed by atoms with van der Waals surface area (Å²) < 4.78 is 20.7. The van der Waals surface area contributed by atoms with Gasteiger partial charge in [0.1, 0.15) is 11.6 Å². The summed E-state index contributed by atoms with van der Waals surface area (Å²) in [6.45, 7) is 1.79. The lowest BCUT2D eigenvalue weighted by molar-refractivity contribution is 0.0468. The van der Waals surface area contributed by atoms with Crippen molar-refractivity contribution in [1.29, 1.82) is 0 Å². The van der Waals surface area contributed by atoms with E-state index >= 15 is 0 Å². The minimum atomic E-state index is -0.966. The van der Waals surface area contributed by atoms with Gasteiger partial charge in [0, 0.05) is 17.7 Å². The van der Waals surface area contributed by atoms with Gasteiger partial charge in [-0.3, -0.25) is 9.93 Å². The zero-order valence-corrected chi connectivity index (χ0v) is 18.2. The van der Waals surface area contributed by atoms with Crippen LogP contribution in [-0.4, -0.2) is 11.0 Å². The molecule has 162 valence electrons. The van der Waals surface area contributed by atoms with E-state index in [1.807, 2.05) is 0 Å². The Morgan fingerprint density at radius 1 is 1.07 bits per heavy atom. The number of rotatable bonds is 2. The molecule has 0 saturated carbocycles. The van der Waals surface area contributed by atoms with Crippen LogP contribution >= 0.6 is 12.8 Å². The molecule has 7 heteroatoms. The van der Waals surface area contributed by atoms with E-state index in [4.69, 9.17) is 4.42 Å². The zero-order valence-electron chi connectivity index (χ0n) is 17.3. The second-order valence-electron chi connectivity index (χ2n) is 8.69. The van der Waals surface area contributed by atoms with Gasteiger partial charge >= 0.3 is 0 Å². The molecule has 5 nitrogen and oxygen atoms in total. The topological polar surface area (TPSA) is 88.5 Å². The smallest absolute Gasteiger partial charge is 0.291 e. The highest BCUT2D eigenvalue weighted by Gasteiger charge is 2.34. The van der Waals surface area contributed by atoms with Crippen LogP contribution in [0.3, 0.4) is 0 Å². The summed E-state index contributed by atoms with van der Waals surface area (Å²) in [7, 11) is 0. The van der Waals surface area contributed by atoms with Gasteiger partial charge in [0.05, 0.1) is 5.60 Å². The molecule has 1 atom stereocenters. The molecule has 3 aliphatic rings. The van der Waals surface area contributed by atoms with Crippen molar-refractivity contribution in [2.24, 2.45) is 5.14 Å². The highest BCUT2D eigenvalue weighted by Crippen LogP contribution is 2.41. The molecule has 5 rings (SSSR count). The molecule has 3 aliphatic carbocycles. The predicted molar refractivity (Wildman–Crippen MR) is 117 cm³/mol. The van der Waals surface area contributed by atoms with E-state index in [-0.39, 0.29) is 17.5 Å². The Bertz CT molecular complexity index is 948. The summed E-state index contributed by atoms with van der Waals surface area (Å²) in [6.07, 6.45) is 8.23. The number of hydrogen-bond donors (Lipinski definition) is 4. The molecule has 1 aromatic heterocycles. The highest BCUT2D eigenvalue weighted by atomic mass is 32.1. The van der Waals surface area contributed by atoms with Crippen molar-refractivity contribution in [3.05, 3.63) is 51.2 Å². The number of thiol groups is 1. The number of benzene rings is 1. The molecule has 1 amide bonds. The lowest BCUT2D eigenvalue weighted by Crippen LogP contribution is -2.20. The number of aliphatic hydroxyl groups is 1. The highest BCUT2D eigenvalue weighted by molar-refractivity contribution is 7.77. The van der Waals surface area contributed by atoms with E-state index in [9.17, 15) is 14.3 Å². The van der Waals surface area contributed by atoms with Crippen molar-refractivity contribution >= 4 is 24.4 Å². The number of carbonyl (C=O) groups is 1. The molecule has 4 N–H and O–H groups in total. The fourth-order valence-electron chi connectivity index (χ4n) is 5.29. The average Bonchev–Trinajstić information content (AvgIpc) is 3.48. The van der Waals surface area contributed by atoms with Crippen molar-refractivity contribution in [1.82, 2.24) is 0 Å². The average molecular weight is 433 g/mol. The van der Waals surface area contributed by atoms with Gasteiger partial charge in [0.2, 0.25) is 0 Å². The van der Waals surface area contributed by atoms with Gasteiger partial charge in [0.15, 0.2) is 5.76 Å². The van der Waals surface area contributed by atoms with Gasteiger partial charge in [-0.05, 0) is 93.0 Å². The minimum Gasteiger partial charge on any atom is -0.456 e. The first kappa shape index (κ1) is 21.4. The van der Waals surface area contributed by atoms with Crippen LogP contribution in [0.5, 0.6) is 0 Å². The Hall–Kier alpha value is -1.83. The maximum atomic E-state index is 14.8. The van der Waals surface area contributed by atoms with Crippen LogP contribution in [0.25, 0.3) is 0 Å².